The number of benzene rings is 2. The van der Waals surface area contributed by atoms with Crippen LogP contribution in [-0.4, -0.2) is 59.7 Å². The fourth-order valence-electron chi connectivity index (χ4n) is 4.06. The minimum atomic E-state index is -0.919. The number of carbonyl (C=O) groups excluding carboxylic acids is 3. The van der Waals surface area contributed by atoms with E-state index in [1.54, 1.807) is 29.2 Å². The Morgan fingerprint density at radius 1 is 1.09 bits per heavy atom. The minimum absolute atomic E-state index is 0.0454. The van der Waals surface area contributed by atoms with Crippen LogP contribution in [0.3, 0.4) is 0 Å². The van der Waals surface area contributed by atoms with E-state index in [1.165, 1.54) is 4.90 Å². The van der Waals surface area contributed by atoms with E-state index in [4.69, 9.17) is 20.4 Å². The average Bonchev–Trinajstić information content (AvgIpc) is 3.28. The summed E-state index contributed by atoms with van der Waals surface area (Å²) in [6.07, 6.45) is -0.537. The highest BCUT2D eigenvalue weighted by Crippen LogP contribution is 2.25. The smallest absolute Gasteiger partial charge is 0.415 e. The van der Waals surface area contributed by atoms with E-state index in [0.29, 0.717) is 37.2 Å². The Morgan fingerprint density at radius 2 is 1.76 bits per heavy atom. The molecule has 0 aliphatic carbocycles. The number of hydrogen-bond donors (Lipinski definition) is 2. The summed E-state index contributed by atoms with van der Waals surface area (Å²) in [5.41, 5.74) is 7.52. The number of amidine groups is 1. The first-order chi connectivity index (χ1) is 16.5. The molecule has 2 amide bonds. The van der Waals surface area contributed by atoms with Gasteiger partial charge in [0.2, 0.25) is 0 Å². The number of likely N-dealkylation sites (tertiary alicyclic amines) is 1. The Kier molecular flexibility index (Phi) is 6.95. The molecule has 2 aromatic carbocycles. The lowest BCUT2D eigenvalue weighted by atomic mass is 9.96. The summed E-state index contributed by atoms with van der Waals surface area (Å²) in [6.45, 7) is 1.10. The van der Waals surface area contributed by atoms with Crippen molar-refractivity contribution >= 4 is 29.5 Å². The zero-order valence-electron chi connectivity index (χ0n) is 18.5. The minimum Gasteiger partial charge on any atom is -0.461 e. The van der Waals surface area contributed by atoms with Crippen molar-refractivity contribution in [2.24, 2.45) is 16.8 Å². The van der Waals surface area contributed by atoms with Gasteiger partial charge in [-0.05, 0) is 42.7 Å². The van der Waals surface area contributed by atoms with Crippen LogP contribution in [0.5, 0.6) is 0 Å². The molecule has 4 rings (SSSR count). The molecule has 3 N–H and O–H groups in total. The van der Waals surface area contributed by atoms with Crippen molar-refractivity contribution in [1.29, 1.82) is 0 Å². The molecule has 2 fully saturated rings. The number of rotatable bonds is 6. The van der Waals surface area contributed by atoms with E-state index in [1.807, 2.05) is 30.3 Å². The number of cyclic esters (lactones) is 1. The number of oxime groups is 1. The molecule has 34 heavy (non-hydrogen) atoms. The Morgan fingerprint density at radius 3 is 2.41 bits per heavy atom. The maximum absolute atomic E-state index is 12.9. The van der Waals surface area contributed by atoms with Gasteiger partial charge in [0.15, 0.2) is 11.9 Å². The second-order valence-corrected chi connectivity index (χ2v) is 8.21. The topological polar surface area (TPSA) is 135 Å². The van der Waals surface area contributed by atoms with E-state index in [2.05, 4.69) is 5.16 Å². The first-order valence-corrected chi connectivity index (χ1v) is 11.0. The van der Waals surface area contributed by atoms with Gasteiger partial charge in [0, 0.05) is 24.3 Å². The van der Waals surface area contributed by atoms with Crippen molar-refractivity contribution in [3.63, 3.8) is 0 Å². The Labute approximate surface area is 196 Å². The highest BCUT2D eigenvalue weighted by molar-refractivity contribution is 5.99. The lowest BCUT2D eigenvalue weighted by molar-refractivity contribution is -0.153. The van der Waals surface area contributed by atoms with E-state index >= 15 is 0 Å². The third-order valence-corrected chi connectivity index (χ3v) is 6.03. The molecule has 0 saturated carbocycles. The number of hydrogen-bond acceptors (Lipinski definition) is 7. The molecule has 2 aliphatic rings. The molecular weight excluding hydrogens is 440 g/mol. The summed E-state index contributed by atoms with van der Waals surface area (Å²) >= 11 is 0. The van der Waals surface area contributed by atoms with Crippen molar-refractivity contribution in [2.75, 3.05) is 24.5 Å². The van der Waals surface area contributed by atoms with E-state index in [0.717, 1.165) is 5.56 Å². The monoisotopic (exact) mass is 466 g/mol. The molecule has 0 aromatic heterocycles. The molecule has 0 bridgehead atoms. The number of esters is 1. The molecule has 2 saturated heterocycles. The predicted molar refractivity (Wildman–Crippen MR) is 122 cm³/mol. The van der Waals surface area contributed by atoms with E-state index in [-0.39, 0.29) is 36.8 Å². The number of anilines is 1. The van der Waals surface area contributed by atoms with Gasteiger partial charge in [-0.25, -0.2) is 4.79 Å². The van der Waals surface area contributed by atoms with Gasteiger partial charge >= 0.3 is 12.1 Å². The summed E-state index contributed by atoms with van der Waals surface area (Å²) in [6, 6.07) is 16.0. The van der Waals surface area contributed by atoms with Gasteiger partial charge in [0.25, 0.3) is 5.91 Å². The number of carbonyl (C=O) groups is 3. The highest BCUT2D eigenvalue weighted by Gasteiger charge is 2.40. The second-order valence-electron chi connectivity index (χ2n) is 8.21. The highest BCUT2D eigenvalue weighted by atomic mass is 16.6. The van der Waals surface area contributed by atoms with E-state index in [9.17, 15) is 14.4 Å². The van der Waals surface area contributed by atoms with Gasteiger partial charge in [-0.15, -0.1) is 0 Å². The summed E-state index contributed by atoms with van der Waals surface area (Å²) < 4.78 is 10.7. The van der Waals surface area contributed by atoms with Gasteiger partial charge in [0.1, 0.15) is 6.61 Å². The molecule has 1 atom stereocenters. The van der Waals surface area contributed by atoms with Gasteiger partial charge in [-0.2, -0.15) is 0 Å². The first-order valence-electron chi connectivity index (χ1n) is 11.0. The maximum atomic E-state index is 12.9. The van der Waals surface area contributed by atoms with Crippen LogP contribution in [0.1, 0.15) is 24.0 Å². The number of piperidine rings is 1. The van der Waals surface area contributed by atoms with Gasteiger partial charge < -0.3 is 25.3 Å². The third-order valence-electron chi connectivity index (χ3n) is 6.03. The summed E-state index contributed by atoms with van der Waals surface area (Å²) in [5, 5.41) is 11.7. The molecule has 2 aliphatic heterocycles. The summed E-state index contributed by atoms with van der Waals surface area (Å²) in [7, 11) is 0. The van der Waals surface area contributed by atoms with Crippen LogP contribution in [0, 0.1) is 5.92 Å². The molecular formula is C24H26N4O6. The molecule has 0 spiro atoms. The number of nitrogens with two attached hydrogens (primary N) is 1. The molecule has 10 heteroatoms. The predicted octanol–water partition coefficient (Wildman–Crippen LogP) is 2.09. The zero-order chi connectivity index (χ0) is 24.1. The number of amides is 2. The van der Waals surface area contributed by atoms with Crippen LogP contribution in [0.25, 0.3) is 0 Å². The lowest BCUT2D eigenvalue weighted by Crippen LogP contribution is -2.46. The van der Waals surface area contributed by atoms with Crippen LogP contribution in [0.4, 0.5) is 10.5 Å². The largest absolute Gasteiger partial charge is 0.461 e. The summed E-state index contributed by atoms with van der Waals surface area (Å²) in [4.78, 5) is 40.7. The van der Waals surface area contributed by atoms with Crippen molar-refractivity contribution in [3.8, 4) is 0 Å². The third kappa shape index (κ3) is 5.11. The van der Waals surface area contributed by atoms with Gasteiger partial charge in [-0.3, -0.25) is 14.5 Å². The average molecular weight is 466 g/mol. The van der Waals surface area contributed by atoms with E-state index < -0.39 is 12.2 Å². The quantitative estimate of drug-likeness (QED) is 0.219. The van der Waals surface area contributed by atoms with Crippen molar-refractivity contribution < 1.29 is 29.1 Å². The number of nitrogens with zero attached hydrogens (tertiary/aromatic N) is 3. The van der Waals surface area contributed by atoms with Crippen LogP contribution in [0.15, 0.2) is 59.8 Å². The molecule has 10 nitrogen and oxygen atoms in total. The summed E-state index contributed by atoms with van der Waals surface area (Å²) in [5.74, 6) is -0.843. The standard InChI is InChI=1S/C24H26N4O6/c25-21(26-32)17-6-8-19(9-7-17)28-14-20(34-24(28)31)22(29)27-12-10-18(11-13-27)23(30)33-15-16-4-2-1-3-5-16/h1-9,18,20,32H,10-15H2,(H2,25,26). The molecule has 1 unspecified atom stereocenters. The Bertz CT molecular complexity index is 1060. The molecule has 2 heterocycles. The first kappa shape index (κ1) is 23.1. The zero-order valence-corrected chi connectivity index (χ0v) is 18.5. The van der Waals surface area contributed by atoms with Gasteiger partial charge in [-0.1, -0.05) is 35.5 Å². The van der Waals surface area contributed by atoms with Crippen LogP contribution in [0.2, 0.25) is 0 Å². The number of ether oxygens (including phenoxy) is 2. The van der Waals surface area contributed by atoms with Crippen LogP contribution < -0.4 is 10.6 Å². The second kappa shape index (κ2) is 10.2. The fraction of sp³-hybridized carbons (Fsp3) is 0.333. The van der Waals surface area contributed by atoms with Crippen LogP contribution in [-0.2, 0) is 25.7 Å². The van der Waals surface area contributed by atoms with Crippen molar-refractivity contribution in [3.05, 3.63) is 65.7 Å². The normalized spacial score (nSPS) is 19.1. The fourth-order valence-corrected chi connectivity index (χ4v) is 4.06. The Balaban J connectivity index is 1.28. The van der Waals surface area contributed by atoms with Gasteiger partial charge in [0.05, 0.1) is 12.5 Å². The lowest BCUT2D eigenvalue weighted by Gasteiger charge is -2.32. The Hall–Kier alpha value is -4.08. The molecule has 0 radical (unpaired) electrons. The van der Waals surface area contributed by atoms with Crippen LogP contribution >= 0.6 is 0 Å². The molecule has 2 aromatic rings. The SMILES string of the molecule is NC(=NO)c1ccc(N2CC(C(=O)N3CCC(C(=O)OCc4ccccc4)CC3)OC2=O)cc1. The van der Waals surface area contributed by atoms with Crippen molar-refractivity contribution in [2.45, 2.75) is 25.6 Å². The maximum Gasteiger partial charge on any atom is 0.415 e. The van der Waals surface area contributed by atoms with Crippen molar-refractivity contribution in [1.82, 2.24) is 4.90 Å². The molecule has 178 valence electrons.